The molecule has 0 spiro atoms. The third-order valence-corrected chi connectivity index (χ3v) is 5.33. The summed E-state index contributed by atoms with van der Waals surface area (Å²) < 4.78 is 5.52. The van der Waals surface area contributed by atoms with E-state index in [0.29, 0.717) is 12.0 Å². The van der Waals surface area contributed by atoms with E-state index in [1.807, 2.05) is 0 Å². The van der Waals surface area contributed by atoms with E-state index in [1.54, 1.807) is 18.4 Å². The minimum Gasteiger partial charge on any atom is -0.496 e. The number of hydrogen-bond acceptors (Lipinski definition) is 3. The highest BCUT2D eigenvalue weighted by atomic mass is 32.1. The van der Waals surface area contributed by atoms with Crippen molar-refractivity contribution in [3.8, 4) is 5.75 Å². The van der Waals surface area contributed by atoms with Crippen LogP contribution in [0.4, 0.5) is 0 Å². The van der Waals surface area contributed by atoms with Gasteiger partial charge in [0.25, 0.3) is 0 Å². The van der Waals surface area contributed by atoms with Crippen molar-refractivity contribution in [2.45, 2.75) is 38.1 Å². The average Bonchev–Trinajstić information content (AvgIpc) is 2.96. The van der Waals surface area contributed by atoms with Gasteiger partial charge >= 0.3 is 0 Å². The van der Waals surface area contributed by atoms with Crippen molar-refractivity contribution in [2.75, 3.05) is 13.7 Å². The third-order valence-electron chi connectivity index (χ3n) is 4.32. The predicted octanol–water partition coefficient (Wildman–Crippen LogP) is 4.53. The van der Waals surface area contributed by atoms with Crippen LogP contribution in [0.5, 0.6) is 5.75 Å². The summed E-state index contributed by atoms with van der Waals surface area (Å²) in [5.41, 5.74) is 3.06. The van der Waals surface area contributed by atoms with E-state index in [4.69, 9.17) is 4.74 Å². The maximum Gasteiger partial charge on any atom is 0.134 e. The summed E-state index contributed by atoms with van der Waals surface area (Å²) in [6.07, 6.45) is 3.54. The van der Waals surface area contributed by atoms with E-state index in [-0.39, 0.29) is 0 Å². The fourth-order valence-electron chi connectivity index (χ4n) is 3.19. The quantitative estimate of drug-likeness (QED) is 0.811. The number of ether oxygens (including phenoxy) is 1. The minimum atomic E-state index is 0.401. The molecule has 0 fully saturated rings. The standard InChI is InChI=1S/C18H23NOS/c1-3-9-19-16(18-17(20-2)8-10-21-18)12-14-11-13-6-4-5-7-15(13)14/h4-8,10,14,16,19H,3,9,11-12H2,1-2H3. The summed E-state index contributed by atoms with van der Waals surface area (Å²) in [4.78, 5) is 1.34. The molecule has 1 heterocycles. The summed E-state index contributed by atoms with van der Waals surface area (Å²) in [6, 6.07) is 11.3. The SMILES string of the molecule is CCCNC(CC1Cc2ccccc21)c1sccc1OC. The molecule has 2 nitrogen and oxygen atoms in total. The second kappa shape index (κ2) is 6.63. The van der Waals surface area contributed by atoms with Crippen LogP contribution in [0.3, 0.4) is 0 Å². The Morgan fingerprint density at radius 3 is 2.95 bits per heavy atom. The van der Waals surface area contributed by atoms with Gasteiger partial charge in [-0.2, -0.15) is 0 Å². The Labute approximate surface area is 131 Å². The van der Waals surface area contributed by atoms with E-state index in [1.165, 1.54) is 22.4 Å². The molecule has 1 aromatic heterocycles. The minimum absolute atomic E-state index is 0.401. The van der Waals surface area contributed by atoms with Crippen LogP contribution < -0.4 is 10.1 Å². The normalized spacial score (nSPS) is 17.9. The van der Waals surface area contributed by atoms with Crippen molar-refractivity contribution in [3.05, 3.63) is 51.7 Å². The van der Waals surface area contributed by atoms with Gasteiger partial charge in [-0.3, -0.25) is 0 Å². The molecule has 0 bridgehead atoms. The molecular formula is C18H23NOS. The van der Waals surface area contributed by atoms with Crippen LogP contribution in [-0.2, 0) is 6.42 Å². The molecule has 112 valence electrons. The van der Waals surface area contributed by atoms with Crippen molar-refractivity contribution in [2.24, 2.45) is 0 Å². The van der Waals surface area contributed by atoms with Crippen molar-refractivity contribution >= 4 is 11.3 Å². The lowest BCUT2D eigenvalue weighted by atomic mass is 9.74. The van der Waals surface area contributed by atoms with E-state index in [0.717, 1.165) is 25.1 Å². The lowest BCUT2D eigenvalue weighted by molar-refractivity contribution is 0.387. The number of hydrogen-bond donors (Lipinski definition) is 1. The van der Waals surface area contributed by atoms with Crippen LogP contribution in [-0.4, -0.2) is 13.7 Å². The predicted molar refractivity (Wildman–Crippen MR) is 89.4 cm³/mol. The molecule has 3 heteroatoms. The lowest BCUT2D eigenvalue weighted by Crippen LogP contribution is -2.27. The monoisotopic (exact) mass is 301 g/mol. The van der Waals surface area contributed by atoms with Gasteiger partial charge in [-0.1, -0.05) is 31.2 Å². The highest BCUT2D eigenvalue weighted by Gasteiger charge is 2.29. The van der Waals surface area contributed by atoms with E-state index in [9.17, 15) is 0 Å². The Hall–Kier alpha value is -1.32. The van der Waals surface area contributed by atoms with Gasteiger partial charge in [0.05, 0.1) is 12.0 Å². The van der Waals surface area contributed by atoms with Gasteiger partial charge in [0.1, 0.15) is 5.75 Å². The van der Waals surface area contributed by atoms with Gasteiger partial charge in [-0.05, 0) is 54.3 Å². The number of benzene rings is 1. The first kappa shape index (κ1) is 14.6. The molecule has 1 aliphatic carbocycles. The zero-order valence-electron chi connectivity index (χ0n) is 12.8. The van der Waals surface area contributed by atoms with Gasteiger partial charge in [0.15, 0.2) is 0 Å². The van der Waals surface area contributed by atoms with Gasteiger partial charge in [-0.15, -0.1) is 11.3 Å². The van der Waals surface area contributed by atoms with E-state index in [2.05, 4.69) is 48.0 Å². The van der Waals surface area contributed by atoms with Gasteiger partial charge < -0.3 is 10.1 Å². The summed E-state index contributed by atoms with van der Waals surface area (Å²) in [5, 5.41) is 5.84. The second-order valence-electron chi connectivity index (χ2n) is 5.70. The molecule has 3 rings (SSSR count). The van der Waals surface area contributed by atoms with E-state index >= 15 is 0 Å². The summed E-state index contributed by atoms with van der Waals surface area (Å²) in [5.74, 6) is 1.71. The molecule has 2 aromatic rings. The zero-order chi connectivity index (χ0) is 14.7. The molecule has 1 aliphatic rings. The Kier molecular flexibility index (Phi) is 4.61. The first-order chi connectivity index (χ1) is 10.3. The molecule has 1 aromatic carbocycles. The van der Waals surface area contributed by atoms with Crippen LogP contribution in [0.15, 0.2) is 35.7 Å². The third kappa shape index (κ3) is 2.99. The molecule has 0 saturated heterocycles. The Morgan fingerprint density at radius 1 is 1.33 bits per heavy atom. The van der Waals surface area contributed by atoms with Crippen molar-refractivity contribution in [1.82, 2.24) is 5.32 Å². The first-order valence-corrected chi connectivity index (χ1v) is 8.64. The number of fused-ring (bicyclic) bond motifs is 1. The van der Waals surface area contributed by atoms with Crippen LogP contribution >= 0.6 is 11.3 Å². The maximum absolute atomic E-state index is 5.52. The first-order valence-electron chi connectivity index (χ1n) is 7.76. The number of methoxy groups -OCH3 is 1. The van der Waals surface area contributed by atoms with Crippen molar-refractivity contribution in [1.29, 1.82) is 0 Å². The Bertz CT molecular complexity index is 592. The fourth-order valence-corrected chi connectivity index (χ4v) is 4.14. The smallest absolute Gasteiger partial charge is 0.134 e. The molecule has 1 N–H and O–H groups in total. The van der Waals surface area contributed by atoms with Crippen LogP contribution in [0, 0.1) is 0 Å². The highest BCUT2D eigenvalue weighted by molar-refractivity contribution is 7.10. The summed E-state index contributed by atoms with van der Waals surface area (Å²) in [6.45, 7) is 3.27. The molecular weight excluding hydrogens is 278 g/mol. The van der Waals surface area contributed by atoms with Crippen LogP contribution in [0.1, 0.15) is 47.7 Å². The van der Waals surface area contributed by atoms with Gasteiger partial charge in [-0.25, -0.2) is 0 Å². The Balaban J connectivity index is 1.75. The fraction of sp³-hybridized carbons (Fsp3) is 0.444. The maximum atomic E-state index is 5.52. The highest BCUT2D eigenvalue weighted by Crippen LogP contribution is 2.43. The topological polar surface area (TPSA) is 21.3 Å². The Morgan fingerprint density at radius 2 is 2.19 bits per heavy atom. The van der Waals surface area contributed by atoms with Crippen LogP contribution in [0.25, 0.3) is 0 Å². The number of thiophene rings is 1. The average molecular weight is 301 g/mol. The second-order valence-corrected chi connectivity index (χ2v) is 6.64. The van der Waals surface area contributed by atoms with Gasteiger partial charge in [0.2, 0.25) is 0 Å². The van der Waals surface area contributed by atoms with Crippen LogP contribution in [0.2, 0.25) is 0 Å². The summed E-state index contributed by atoms with van der Waals surface area (Å²) in [7, 11) is 1.76. The van der Waals surface area contributed by atoms with E-state index < -0.39 is 0 Å². The lowest BCUT2D eigenvalue weighted by Gasteiger charge is -2.33. The molecule has 2 atom stereocenters. The van der Waals surface area contributed by atoms with Gasteiger partial charge in [0, 0.05) is 6.04 Å². The largest absolute Gasteiger partial charge is 0.496 e. The number of nitrogens with one attached hydrogen (secondary N) is 1. The summed E-state index contributed by atoms with van der Waals surface area (Å²) >= 11 is 1.80. The van der Waals surface area contributed by atoms with Crippen molar-refractivity contribution < 1.29 is 4.74 Å². The molecule has 0 aliphatic heterocycles. The number of rotatable bonds is 7. The molecule has 0 radical (unpaired) electrons. The molecule has 2 unspecified atom stereocenters. The zero-order valence-corrected chi connectivity index (χ0v) is 13.6. The molecule has 0 amide bonds. The van der Waals surface area contributed by atoms with Crippen molar-refractivity contribution in [3.63, 3.8) is 0 Å². The molecule has 21 heavy (non-hydrogen) atoms. The molecule has 0 saturated carbocycles.